The number of carbonyl (C=O) groups is 2. The van der Waals surface area contributed by atoms with Crippen LogP contribution in [0.25, 0.3) is 0 Å². The predicted octanol–water partition coefficient (Wildman–Crippen LogP) is 1.27. The van der Waals surface area contributed by atoms with Crippen molar-refractivity contribution in [1.82, 2.24) is 5.32 Å². The number of methoxy groups -OCH3 is 1. The topological polar surface area (TPSA) is 55.4 Å². The standard InChI is InChI=1S/C9H15NO3/c1-4-6-7(8(11)5-2)10-9(12)13-3/h4,7H,1,5-6H2,2-3H3,(H,10,12). The lowest BCUT2D eigenvalue weighted by molar-refractivity contribution is -0.120. The molecule has 0 bridgehead atoms. The Morgan fingerprint density at radius 3 is 2.62 bits per heavy atom. The summed E-state index contributed by atoms with van der Waals surface area (Å²) in [5.41, 5.74) is 0. The number of hydrogen-bond donors (Lipinski definition) is 1. The molecule has 0 saturated carbocycles. The van der Waals surface area contributed by atoms with Crippen LogP contribution in [0.2, 0.25) is 0 Å². The molecule has 4 heteroatoms. The van der Waals surface area contributed by atoms with Crippen molar-refractivity contribution in [3.8, 4) is 0 Å². The monoisotopic (exact) mass is 185 g/mol. The summed E-state index contributed by atoms with van der Waals surface area (Å²) in [6.07, 6.45) is 1.83. The van der Waals surface area contributed by atoms with Gasteiger partial charge in [0.2, 0.25) is 0 Å². The van der Waals surface area contributed by atoms with Crippen molar-refractivity contribution < 1.29 is 14.3 Å². The third-order valence-electron chi connectivity index (χ3n) is 1.62. The minimum atomic E-state index is -0.589. The quantitative estimate of drug-likeness (QED) is 0.656. The minimum Gasteiger partial charge on any atom is -0.453 e. The van der Waals surface area contributed by atoms with Crippen LogP contribution in [0.1, 0.15) is 19.8 Å². The van der Waals surface area contributed by atoms with Crippen molar-refractivity contribution in [2.45, 2.75) is 25.8 Å². The van der Waals surface area contributed by atoms with E-state index in [4.69, 9.17) is 0 Å². The van der Waals surface area contributed by atoms with E-state index in [0.29, 0.717) is 12.8 Å². The molecule has 1 N–H and O–H groups in total. The molecule has 1 atom stereocenters. The van der Waals surface area contributed by atoms with Crippen LogP contribution < -0.4 is 5.32 Å². The van der Waals surface area contributed by atoms with E-state index >= 15 is 0 Å². The van der Waals surface area contributed by atoms with Gasteiger partial charge in [-0.3, -0.25) is 4.79 Å². The molecule has 0 rings (SSSR count). The zero-order chi connectivity index (χ0) is 10.3. The van der Waals surface area contributed by atoms with Gasteiger partial charge in [0.1, 0.15) is 0 Å². The minimum absolute atomic E-state index is 0.0229. The van der Waals surface area contributed by atoms with E-state index in [1.807, 2.05) is 0 Å². The fourth-order valence-corrected chi connectivity index (χ4v) is 0.885. The van der Waals surface area contributed by atoms with E-state index < -0.39 is 12.1 Å². The van der Waals surface area contributed by atoms with E-state index in [2.05, 4.69) is 16.6 Å². The Balaban J connectivity index is 4.16. The molecular weight excluding hydrogens is 170 g/mol. The highest BCUT2D eigenvalue weighted by Gasteiger charge is 2.17. The summed E-state index contributed by atoms with van der Waals surface area (Å²) in [4.78, 5) is 22.0. The third kappa shape index (κ3) is 4.30. The van der Waals surface area contributed by atoms with E-state index in [1.165, 1.54) is 7.11 Å². The first-order valence-electron chi connectivity index (χ1n) is 4.13. The lowest BCUT2D eigenvalue weighted by atomic mass is 10.1. The predicted molar refractivity (Wildman–Crippen MR) is 49.4 cm³/mol. The summed E-state index contributed by atoms with van der Waals surface area (Å²) >= 11 is 0. The Labute approximate surface area is 78.0 Å². The smallest absolute Gasteiger partial charge is 0.407 e. The highest BCUT2D eigenvalue weighted by Crippen LogP contribution is 1.98. The van der Waals surface area contributed by atoms with Gasteiger partial charge in [0.15, 0.2) is 5.78 Å². The van der Waals surface area contributed by atoms with Crippen molar-refractivity contribution in [2.75, 3.05) is 7.11 Å². The number of ether oxygens (including phenoxy) is 1. The molecule has 1 unspecified atom stereocenters. The molecule has 0 spiro atoms. The van der Waals surface area contributed by atoms with Gasteiger partial charge in [-0.25, -0.2) is 4.79 Å². The molecule has 74 valence electrons. The number of carbonyl (C=O) groups excluding carboxylic acids is 2. The largest absolute Gasteiger partial charge is 0.453 e. The van der Waals surface area contributed by atoms with Gasteiger partial charge < -0.3 is 10.1 Å². The maximum Gasteiger partial charge on any atom is 0.407 e. The van der Waals surface area contributed by atoms with E-state index in [9.17, 15) is 9.59 Å². The Morgan fingerprint density at radius 1 is 1.62 bits per heavy atom. The van der Waals surface area contributed by atoms with Crippen molar-refractivity contribution in [2.24, 2.45) is 0 Å². The maximum absolute atomic E-state index is 11.2. The van der Waals surface area contributed by atoms with Crippen LogP contribution in [-0.2, 0) is 9.53 Å². The van der Waals surface area contributed by atoms with Gasteiger partial charge in [0, 0.05) is 6.42 Å². The van der Waals surface area contributed by atoms with Crippen molar-refractivity contribution in [1.29, 1.82) is 0 Å². The third-order valence-corrected chi connectivity index (χ3v) is 1.62. The molecule has 0 radical (unpaired) electrons. The van der Waals surface area contributed by atoms with Crippen LogP contribution in [-0.4, -0.2) is 25.0 Å². The summed E-state index contributed by atoms with van der Waals surface area (Å²) in [5, 5.41) is 2.44. The molecule has 0 aliphatic heterocycles. The number of alkyl carbamates (subject to hydrolysis) is 1. The molecule has 0 aliphatic carbocycles. The Morgan fingerprint density at radius 2 is 2.23 bits per heavy atom. The van der Waals surface area contributed by atoms with Gasteiger partial charge in [0.05, 0.1) is 13.2 Å². The maximum atomic E-state index is 11.2. The SMILES string of the molecule is C=CCC(NC(=O)OC)C(=O)CC. The summed E-state index contributed by atoms with van der Waals surface area (Å²) < 4.78 is 4.39. The van der Waals surface area contributed by atoms with Gasteiger partial charge in [-0.05, 0) is 6.42 Å². The van der Waals surface area contributed by atoms with E-state index in [-0.39, 0.29) is 5.78 Å². The van der Waals surface area contributed by atoms with E-state index in [1.54, 1.807) is 13.0 Å². The number of nitrogens with one attached hydrogen (secondary N) is 1. The fourth-order valence-electron chi connectivity index (χ4n) is 0.885. The van der Waals surface area contributed by atoms with Crippen molar-refractivity contribution >= 4 is 11.9 Å². The first-order valence-corrected chi connectivity index (χ1v) is 4.13. The number of amides is 1. The highest BCUT2D eigenvalue weighted by atomic mass is 16.5. The van der Waals surface area contributed by atoms with Crippen LogP contribution in [0.5, 0.6) is 0 Å². The molecular formula is C9H15NO3. The summed E-state index contributed by atoms with van der Waals surface area (Å²) in [6.45, 7) is 5.25. The van der Waals surface area contributed by atoms with Gasteiger partial charge in [0.25, 0.3) is 0 Å². The molecule has 0 aliphatic rings. The van der Waals surface area contributed by atoms with Crippen LogP contribution in [0.3, 0.4) is 0 Å². The first-order chi connectivity index (χ1) is 6.15. The lowest BCUT2D eigenvalue weighted by Crippen LogP contribution is -2.40. The summed E-state index contributed by atoms with van der Waals surface area (Å²) in [7, 11) is 1.26. The Bertz CT molecular complexity index is 201. The zero-order valence-electron chi connectivity index (χ0n) is 8.00. The van der Waals surface area contributed by atoms with Gasteiger partial charge in [-0.15, -0.1) is 6.58 Å². The van der Waals surface area contributed by atoms with Crippen LogP contribution in [0.4, 0.5) is 4.79 Å². The Kier molecular flexibility index (Phi) is 5.59. The van der Waals surface area contributed by atoms with Crippen LogP contribution in [0.15, 0.2) is 12.7 Å². The number of rotatable bonds is 5. The molecule has 1 amide bonds. The number of ketones is 1. The number of Topliss-reactive ketones (excluding diaryl/α,β-unsaturated/α-hetero) is 1. The molecule has 0 heterocycles. The molecule has 4 nitrogen and oxygen atoms in total. The molecule has 0 aromatic rings. The molecule has 0 fully saturated rings. The zero-order valence-corrected chi connectivity index (χ0v) is 8.00. The summed E-state index contributed by atoms with van der Waals surface area (Å²) in [5.74, 6) is -0.0229. The van der Waals surface area contributed by atoms with Crippen LogP contribution >= 0.6 is 0 Å². The molecule has 0 aromatic heterocycles. The second-order valence-electron chi connectivity index (χ2n) is 2.53. The van der Waals surface area contributed by atoms with E-state index in [0.717, 1.165) is 0 Å². The average molecular weight is 185 g/mol. The summed E-state index contributed by atoms with van der Waals surface area (Å²) in [6, 6.07) is -0.505. The molecule has 0 saturated heterocycles. The van der Waals surface area contributed by atoms with Crippen molar-refractivity contribution in [3.05, 3.63) is 12.7 Å². The molecule has 0 aromatic carbocycles. The lowest BCUT2D eigenvalue weighted by Gasteiger charge is -2.13. The van der Waals surface area contributed by atoms with Crippen molar-refractivity contribution in [3.63, 3.8) is 0 Å². The van der Waals surface area contributed by atoms with Gasteiger partial charge in [-0.2, -0.15) is 0 Å². The highest BCUT2D eigenvalue weighted by molar-refractivity contribution is 5.87. The van der Waals surface area contributed by atoms with Gasteiger partial charge in [-0.1, -0.05) is 13.0 Å². The second kappa shape index (κ2) is 6.22. The average Bonchev–Trinajstić information content (AvgIpc) is 2.15. The second-order valence-corrected chi connectivity index (χ2v) is 2.53. The van der Waals surface area contributed by atoms with Gasteiger partial charge >= 0.3 is 6.09 Å². The number of hydrogen-bond acceptors (Lipinski definition) is 3. The normalized spacial score (nSPS) is 11.5. The molecule has 13 heavy (non-hydrogen) atoms. The fraction of sp³-hybridized carbons (Fsp3) is 0.556. The Hall–Kier alpha value is -1.32. The van der Waals surface area contributed by atoms with Crippen LogP contribution in [0, 0.1) is 0 Å². The first kappa shape index (κ1) is 11.7.